The summed E-state index contributed by atoms with van der Waals surface area (Å²) in [5.74, 6) is 0.413. The first-order valence-corrected chi connectivity index (χ1v) is 4.53. The highest BCUT2D eigenvalue weighted by atomic mass is 16.5. The van der Waals surface area contributed by atoms with E-state index in [0.717, 1.165) is 6.42 Å². The van der Waals surface area contributed by atoms with Gasteiger partial charge >= 0.3 is 5.97 Å². The Labute approximate surface area is 74.6 Å². The zero-order valence-corrected chi connectivity index (χ0v) is 8.17. The van der Waals surface area contributed by atoms with Crippen molar-refractivity contribution in [1.82, 2.24) is 0 Å². The zero-order valence-electron chi connectivity index (χ0n) is 8.17. The number of carbonyl (C=O) groups excluding carboxylic acids is 1. The van der Waals surface area contributed by atoms with Crippen molar-refractivity contribution in [3.05, 3.63) is 12.2 Å². The fourth-order valence-corrected chi connectivity index (χ4v) is 0.753. The number of hydrogen-bond donors (Lipinski definition) is 0. The Bertz CT molecular complexity index is 150. The summed E-state index contributed by atoms with van der Waals surface area (Å²) in [4.78, 5) is 10.8. The smallest absolute Gasteiger partial charge is 0.309 e. The zero-order chi connectivity index (χ0) is 9.40. The van der Waals surface area contributed by atoms with Gasteiger partial charge in [-0.15, -0.1) is 0 Å². The van der Waals surface area contributed by atoms with E-state index in [2.05, 4.69) is 19.9 Å². The van der Waals surface area contributed by atoms with Crippen molar-refractivity contribution < 1.29 is 9.53 Å². The summed E-state index contributed by atoms with van der Waals surface area (Å²) in [6, 6.07) is 0. The van der Waals surface area contributed by atoms with Crippen LogP contribution in [0.25, 0.3) is 0 Å². The third-order valence-electron chi connectivity index (χ3n) is 1.70. The molecule has 12 heavy (non-hydrogen) atoms. The standard InChI is InChI=1S/C10H18O2/c1-4-9(3)7-6-8-10(11)12-5-2/h6-7,9H,4-5,8H2,1-3H3/b7-6+/t9-/m1/s1. The van der Waals surface area contributed by atoms with Crippen molar-refractivity contribution in [3.63, 3.8) is 0 Å². The molecule has 0 aromatic rings. The van der Waals surface area contributed by atoms with Crippen LogP contribution in [0.2, 0.25) is 0 Å². The third kappa shape index (κ3) is 5.96. The Morgan fingerprint density at radius 2 is 2.17 bits per heavy atom. The van der Waals surface area contributed by atoms with Crippen LogP contribution in [0.15, 0.2) is 12.2 Å². The summed E-state index contributed by atoms with van der Waals surface area (Å²) in [6.07, 6.45) is 5.45. The average molecular weight is 170 g/mol. The molecule has 0 aromatic carbocycles. The minimum absolute atomic E-state index is 0.142. The van der Waals surface area contributed by atoms with Gasteiger partial charge in [0, 0.05) is 0 Å². The SMILES string of the molecule is CCOC(=O)C/C=C/[C@H](C)CC. The van der Waals surface area contributed by atoms with Gasteiger partial charge in [0.2, 0.25) is 0 Å². The van der Waals surface area contributed by atoms with Crippen LogP contribution in [0.3, 0.4) is 0 Å². The minimum atomic E-state index is -0.142. The molecule has 2 heteroatoms. The molecule has 0 aliphatic carbocycles. The molecular formula is C10H18O2. The second kappa shape index (κ2) is 6.89. The van der Waals surface area contributed by atoms with E-state index in [9.17, 15) is 4.79 Å². The molecular weight excluding hydrogens is 152 g/mol. The lowest BCUT2D eigenvalue weighted by Gasteiger charge is -1.99. The Kier molecular flexibility index (Phi) is 6.44. The quantitative estimate of drug-likeness (QED) is 0.468. The first-order chi connectivity index (χ1) is 5.70. The van der Waals surface area contributed by atoms with Crippen molar-refractivity contribution in [2.45, 2.75) is 33.6 Å². The second-order valence-corrected chi connectivity index (χ2v) is 2.82. The predicted octanol–water partition coefficient (Wildman–Crippen LogP) is 2.54. The minimum Gasteiger partial charge on any atom is -0.466 e. The third-order valence-corrected chi connectivity index (χ3v) is 1.70. The second-order valence-electron chi connectivity index (χ2n) is 2.82. The molecule has 0 N–H and O–H groups in total. The van der Waals surface area contributed by atoms with Crippen LogP contribution in [0.4, 0.5) is 0 Å². The van der Waals surface area contributed by atoms with E-state index < -0.39 is 0 Å². The molecule has 0 aliphatic rings. The van der Waals surface area contributed by atoms with Gasteiger partial charge in [0.05, 0.1) is 13.0 Å². The molecule has 0 heterocycles. The van der Waals surface area contributed by atoms with Crippen LogP contribution in [-0.2, 0) is 9.53 Å². The fourth-order valence-electron chi connectivity index (χ4n) is 0.753. The summed E-state index contributed by atoms with van der Waals surface area (Å²) in [5, 5.41) is 0. The van der Waals surface area contributed by atoms with E-state index in [1.54, 1.807) is 0 Å². The van der Waals surface area contributed by atoms with Crippen LogP contribution < -0.4 is 0 Å². The van der Waals surface area contributed by atoms with Crippen LogP contribution in [-0.4, -0.2) is 12.6 Å². The molecule has 0 aliphatic heterocycles. The highest BCUT2D eigenvalue weighted by Gasteiger charge is 1.97. The van der Waals surface area contributed by atoms with Gasteiger partial charge in [0.25, 0.3) is 0 Å². The topological polar surface area (TPSA) is 26.3 Å². The molecule has 1 atom stereocenters. The molecule has 0 spiro atoms. The number of ether oxygens (including phenoxy) is 1. The fraction of sp³-hybridized carbons (Fsp3) is 0.700. The van der Waals surface area contributed by atoms with Gasteiger partial charge in [-0.05, 0) is 12.8 Å². The highest BCUT2D eigenvalue weighted by molar-refractivity contribution is 5.71. The van der Waals surface area contributed by atoms with Gasteiger partial charge in [-0.3, -0.25) is 4.79 Å². The van der Waals surface area contributed by atoms with Crippen LogP contribution >= 0.6 is 0 Å². The average Bonchev–Trinajstić information content (AvgIpc) is 2.04. The van der Waals surface area contributed by atoms with Crippen LogP contribution in [0, 0.1) is 5.92 Å². The molecule has 70 valence electrons. The maximum atomic E-state index is 10.8. The number of rotatable bonds is 5. The normalized spacial score (nSPS) is 13.2. The number of carbonyl (C=O) groups is 1. The largest absolute Gasteiger partial charge is 0.466 e. The van der Waals surface area contributed by atoms with E-state index in [-0.39, 0.29) is 5.97 Å². The maximum Gasteiger partial charge on any atom is 0.309 e. The van der Waals surface area contributed by atoms with E-state index in [4.69, 9.17) is 4.74 Å². The lowest BCUT2D eigenvalue weighted by atomic mass is 10.1. The van der Waals surface area contributed by atoms with Gasteiger partial charge in [-0.2, -0.15) is 0 Å². The van der Waals surface area contributed by atoms with Crippen LogP contribution in [0.5, 0.6) is 0 Å². The molecule has 0 saturated carbocycles. The van der Waals surface area contributed by atoms with Gasteiger partial charge in [0.15, 0.2) is 0 Å². The predicted molar refractivity (Wildman–Crippen MR) is 49.8 cm³/mol. The molecule has 2 nitrogen and oxygen atoms in total. The summed E-state index contributed by atoms with van der Waals surface area (Å²) in [5.41, 5.74) is 0. The van der Waals surface area contributed by atoms with Gasteiger partial charge in [-0.1, -0.05) is 32.4 Å². The Hall–Kier alpha value is -0.790. The molecule has 0 fully saturated rings. The van der Waals surface area contributed by atoms with Crippen LogP contribution in [0.1, 0.15) is 33.6 Å². The maximum absolute atomic E-state index is 10.8. The van der Waals surface area contributed by atoms with Crippen molar-refractivity contribution in [1.29, 1.82) is 0 Å². The Balaban J connectivity index is 3.52. The summed E-state index contributed by atoms with van der Waals surface area (Å²) in [6.45, 7) is 6.54. The van der Waals surface area contributed by atoms with E-state index >= 15 is 0 Å². The lowest BCUT2D eigenvalue weighted by Crippen LogP contribution is -2.01. The lowest BCUT2D eigenvalue weighted by molar-refractivity contribution is -0.142. The molecule has 0 unspecified atom stereocenters. The van der Waals surface area contributed by atoms with E-state index in [0.29, 0.717) is 18.9 Å². The molecule has 0 saturated heterocycles. The van der Waals surface area contributed by atoms with Crippen molar-refractivity contribution in [2.75, 3.05) is 6.61 Å². The molecule has 0 aromatic heterocycles. The van der Waals surface area contributed by atoms with Gasteiger partial charge in [-0.25, -0.2) is 0 Å². The monoisotopic (exact) mass is 170 g/mol. The Morgan fingerprint density at radius 1 is 1.50 bits per heavy atom. The summed E-state index contributed by atoms with van der Waals surface area (Å²) < 4.78 is 4.77. The first-order valence-electron chi connectivity index (χ1n) is 4.53. The molecule has 0 radical (unpaired) electrons. The summed E-state index contributed by atoms with van der Waals surface area (Å²) in [7, 11) is 0. The van der Waals surface area contributed by atoms with E-state index in [1.807, 2.05) is 13.0 Å². The Morgan fingerprint density at radius 3 is 2.67 bits per heavy atom. The summed E-state index contributed by atoms with van der Waals surface area (Å²) >= 11 is 0. The number of hydrogen-bond acceptors (Lipinski definition) is 2. The first kappa shape index (κ1) is 11.2. The molecule has 0 rings (SSSR count). The van der Waals surface area contributed by atoms with Crippen molar-refractivity contribution in [3.8, 4) is 0 Å². The van der Waals surface area contributed by atoms with Crippen molar-refractivity contribution in [2.24, 2.45) is 5.92 Å². The van der Waals surface area contributed by atoms with E-state index in [1.165, 1.54) is 0 Å². The molecule has 0 bridgehead atoms. The number of esters is 1. The van der Waals surface area contributed by atoms with Crippen molar-refractivity contribution >= 4 is 5.97 Å². The van der Waals surface area contributed by atoms with Gasteiger partial charge < -0.3 is 4.74 Å². The number of allylic oxidation sites excluding steroid dienone is 1. The molecule has 0 amide bonds. The van der Waals surface area contributed by atoms with Gasteiger partial charge in [0.1, 0.15) is 0 Å². The highest BCUT2D eigenvalue weighted by Crippen LogP contribution is 2.02.